The van der Waals surface area contributed by atoms with Gasteiger partial charge >= 0.3 is 5.97 Å². The van der Waals surface area contributed by atoms with Crippen LogP contribution in [0.1, 0.15) is 17.4 Å². The highest BCUT2D eigenvalue weighted by Crippen LogP contribution is 2.23. The Balaban J connectivity index is 1.43. The Hall–Kier alpha value is -3.93. The van der Waals surface area contributed by atoms with E-state index in [0.717, 1.165) is 16.3 Å². The predicted molar refractivity (Wildman–Crippen MR) is 111 cm³/mol. The highest BCUT2D eigenvalue weighted by molar-refractivity contribution is 6.04. The summed E-state index contributed by atoms with van der Waals surface area (Å²) in [6.07, 6.45) is -0.968. The Morgan fingerprint density at radius 2 is 1.69 bits per heavy atom. The molecule has 0 saturated carbocycles. The van der Waals surface area contributed by atoms with Crippen molar-refractivity contribution in [3.05, 3.63) is 84.6 Å². The fourth-order valence-corrected chi connectivity index (χ4v) is 3.03. The maximum atomic E-state index is 12.5. The fourth-order valence-electron chi connectivity index (χ4n) is 3.03. The van der Waals surface area contributed by atoms with Gasteiger partial charge in [-0.3, -0.25) is 9.89 Å². The van der Waals surface area contributed by atoms with Gasteiger partial charge in [0.05, 0.1) is 5.69 Å². The van der Waals surface area contributed by atoms with Crippen LogP contribution in [-0.4, -0.2) is 28.2 Å². The molecule has 0 fully saturated rings. The monoisotopic (exact) mass is 385 g/mol. The van der Waals surface area contributed by atoms with Gasteiger partial charge in [-0.05, 0) is 24.4 Å². The van der Waals surface area contributed by atoms with Crippen molar-refractivity contribution in [2.45, 2.75) is 13.0 Å². The third-order valence-corrected chi connectivity index (χ3v) is 4.57. The average Bonchev–Trinajstić information content (AvgIpc) is 3.25. The van der Waals surface area contributed by atoms with E-state index in [-0.39, 0.29) is 5.69 Å². The highest BCUT2D eigenvalue weighted by atomic mass is 16.5. The largest absolute Gasteiger partial charge is 0.448 e. The molecule has 0 spiro atoms. The van der Waals surface area contributed by atoms with Crippen LogP contribution in [0.3, 0.4) is 0 Å². The summed E-state index contributed by atoms with van der Waals surface area (Å²) in [6, 6.07) is 24.5. The second-order valence-electron chi connectivity index (χ2n) is 6.60. The second-order valence-corrected chi connectivity index (χ2v) is 6.60. The van der Waals surface area contributed by atoms with Crippen molar-refractivity contribution >= 4 is 28.3 Å². The lowest BCUT2D eigenvalue weighted by molar-refractivity contribution is -0.123. The summed E-state index contributed by atoms with van der Waals surface area (Å²) in [4.78, 5) is 24.9. The van der Waals surface area contributed by atoms with Gasteiger partial charge in [-0.1, -0.05) is 66.7 Å². The van der Waals surface area contributed by atoms with E-state index in [1.54, 1.807) is 6.07 Å². The molecule has 0 aliphatic heterocycles. The number of aromatic nitrogens is 2. The molecule has 0 unspecified atom stereocenters. The number of carbonyl (C=O) groups excluding carboxylic acids is 2. The first kappa shape index (κ1) is 18.4. The van der Waals surface area contributed by atoms with Gasteiger partial charge in [0, 0.05) is 16.6 Å². The van der Waals surface area contributed by atoms with Gasteiger partial charge < -0.3 is 10.1 Å². The third kappa shape index (κ3) is 4.01. The summed E-state index contributed by atoms with van der Waals surface area (Å²) in [6.45, 7) is 1.53. The first-order valence-electron chi connectivity index (χ1n) is 9.22. The Labute approximate surface area is 167 Å². The van der Waals surface area contributed by atoms with Crippen LogP contribution in [0.25, 0.3) is 22.0 Å². The van der Waals surface area contributed by atoms with E-state index in [0.29, 0.717) is 11.4 Å². The van der Waals surface area contributed by atoms with Crippen molar-refractivity contribution < 1.29 is 14.3 Å². The molecule has 2 N–H and O–H groups in total. The summed E-state index contributed by atoms with van der Waals surface area (Å²) in [5.41, 5.74) is 2.37. The number of nitrogens with zero attached hydrogens (tertiary/aromatic N) is 1. The van der Waals surface area contributed by atoms with E-state index in [2.05, 4.69) is 15.5 Å². The molecule has 0 bridgehead atoms. The topological polar surface area (TPSA) is 84.1 Å². The first-order valence-corrected chi connectivity index (χ1v) is 9.22. The second kappa shape index (κ2) is 7.98. The van der Waals surface area contributed by atoms with E-state index in [1.807, 2.05) is 72.8 Å². The van der Waals surface area contributed by atoms with Crippen LogP contribution < -0.4 is 5.32 Å². The standard InChI is InChI=1S/C23H19N3O3/c1-15(22(27)24-19-13-7-11-16-8-5-6-12-18(16)19)29-23(28)21-14-20(25-26-21)17-9-3-2-4-10-17/h2-15H,1H3,(H,24,27)(H,25,26)/t15-/m0/s1. The van der Waals surface area contributed by atoms with Crippen LogP contribution in [0.4, 0.5) is 5.69 Å². The molecule has 0 radical (unpaired) electrons. The minimum atomic E-state index is -0.968. The molecule has 29 heavy (non-hydrogen) atoms. The van der Waals surface area contributed by atoms with Gasteiger partial charge in [-0.2, -0.15) is 5.10 Å². The van der Waals surface area contributed by atoms with Crippen molar-refractivity contribution in [1.82, 2.24) is 10.2 Å². The maximum Gasteiger partial charge on any atom is 0.357 e. The van der Waals surface area contributed by atoms with Gasteiger partial charge in [0.2, 0.25) is 0 Å². The number of aromatic amines is 1. The zero-order chi connectivity index (χ0) is 20.2. The van der Waals surface area contributed by atoms with Crippen LogP contribution in [0, 0.1) is 0 Å². The Bertz CT molecular complexity index is 1160. The lowest BCUT2D eigenvalue weighted by Gasteiger charge is -2.14. The predicted octanol–water partition coefficient (Wildman–Crippen LogP) is 4.41. The molecule has 6 heteroatoms. The molecule has 4 rings (SSSR count). The van der Waals surface area contributed by atoms with Crippen molar-refractivity contribution in [3.63, 3.8) is 0 Å². The zero-order valence-electron chi connectivity index (χ0n) is 15.8. The number of hydrogen-bond donors (Lipinski definition) is 2. The van der Waals surface area contributed by atoms with Crippen molar-refractivity contribution in [1.29, 1.82) is 0 Å². The smallest absolute Gasteiger partial charge is 0.357 e. The van der Waals surface area contributed by atoms with E-state index >= 15 is 0 Å². The van der Waals surface area contributed by atoms with Gasteiger partial charge in [-0.15, -0.1) is 0 Å². The molecule has 3 aromatic carbocycles. The molecule has 1 heterocycles. The number of amides is 1. The molecule has 0 saturated heterocycles. The number of ether oxygens (including phenoxy) is 1. The zero-order valence-corrected chi connectivity index (χ0v) is 15.8. The molecule has 144 valence electrons. The summed E-state index contributed by atoms with van der Waals surface area (Å²) in [5, 5.41) is 11.6. The lowest BCUT2D eigenvalue weighted by atomic mass is 10.1. The number of anilines is 1. The number of nitrogens with one attached hydrogen (secondary N) is 2. The molecular weight excluding hydrogens is 366 g/mol. The Morgan fingerprint density at radius 3 is 2.52 bits per heavy atom. The van der Waals surface area contributed by atoms with E-state index in [9.17, 15) is 9.59 Å². The Kier molecular flexibility index (Phi) is 5.07. The third-order valence-electron chi connectivity index (χ3n) is 4.57. The summed E-state index contributed by atoms with van der Waals surface area (Å²) in [7, 11) is 0. The van der Waals surface area contributed by atoms with Gasteiger partial charge in [-0.25, -0.2) is 4.79 Å². The van der Waals surface area contributed by atoms with E-state index in [4.69, 9.17) is 4.74 Å². The molecular formula is C23H19N3O3. The minimum absolute atomic E-state index is 0.189. The number of H-pyrrole nitrogens is 1. The summed E-state index contributed by atoms with van der Waals surface area (Å²) < 4.78 is 5.31. The number of rotatable bonds is 5. The van der Waals surface area contributed by atoms with Crippen molar-refractivity contribution in [3.8, 4) is 11.3 Å². The quantitative estimate of drug-likeness (QED) is 0.498. The van der Waals surface area contributed by atoms with Crippen molar-refractivity contribution in [2.75, 3.05) is 5.32 Å². The van der Waals surface area contributed by atoms with Gasteiger partial charge in [0.25, 0.3) is 5.91 Å². The molecule has 6 nitrogen and oxygen atoms in total. The molecule has 1 aromatic heterocycles. The van der Waals surface area contributed by atoms with Crippen LogP contribution in [-0.2, 0) is 9.53 Å². The van der Waals surface area contributed by atoms with Gasteiger partial charge in [0.1, 0.15) is 5.69 Å². The van der Waals surface area contributed by atoms with Crippen LogP contribution >= 0.6 is 0 Å². The number of hydrogen-bond acceptors (Lipinski definition) is 4. The molecule has 1 atom stereocenters. The summed E-state index contributed by atoms with van der Waals surface area (Å²) in [5.74, 6) is -1.04. The van der Waals surface area contributed by atoms with Crippen molar-refractivity contribution in [2.24, 2.45) is 0 Å². The number of fused-ring (bicyclic) bond motifs is 1. The molecule has 4 aromatic rings. The van der Waals surface area contributed by atoms with E-state index < -0.39 is 18.0 Å². The minimum Gasteiger partial charge on any atom is -0.448 e. The molecule has 0 aliphatic carbocycles. The Morgan fingerprint density at radius 1 is 0.966 bits per heavy atom. The number of carbonyl (C=O) groups is 2. The number of benzene rings is 3. The average molecular weight is 385 g/mol. The van der Waals surface area contributed by atoms with Gasteiger partial charge in [0.15, 0.2) is 6.10 Å². The summed E-state index contributed by atoms with van der Waals surface area (Å²) >= 11 is 0. The van der Waals surface area contributed by atoms with Crippen LogP contribution in [0.2, 0.25) is 0 Å². The SMILES string of the molecule is C[C@H](OC(=O)c1cc(-c2ccccc2)n[nH]1)C(=O)Nc1cccc2ccccc12. The fraction of sp³-hybridized carbons (Fsp3) is 0.0870. The maximum absolute atomic E-state index is 12.5. The normalized spacial score (nSPS) is 11.8. The lowest BCUT2D eigenvalue weighted by Crippen LogP contribution is -2.30. The van der Waals surface area contributed by atoms with E-state index in [1.165, 1.54) is 6.92 Å². The highest BCUT2D eigenvalue weighted by Gasteiger charge is 2.21. The number of esters is 1. The molecule has 0 aliphatic rings. The first-order chi connectivity index (χ1) is 14.1. The van der Waals surface area contributed by atoms with Crippen LogP contribution in [0.5, 0.6) is 0 Å². The van der Waals surface area contributed by atoms with Crippen LogP contribution in [0.15, 0.2) is 78.9 Å². The molecule has 1 amide bonds.